The van der Waals surface area contributed by atoms with Crippen molar-refractivity contribution >= 4 is 29.1 Å². The number of benzene rings is 2. The van der Waals surface area contributed by atoms with Crippen LogP contribution in [0.4, 0.5) is 0 Å². The lowest BCUT2D eigenvalue weighted by Gasteiger charge is -2.26. The van der Waals surface area contributed by atoms with Crippen molar-refractivity contribution in [3.8, 4) is 28.9 Å². The molecule has 38 heavy (non-hydrogen) atoms. The van der Waals surface area contributed by atoms with E-state index in [0.29, 0.717) is 65.5 Å². The first-order valence-corrected chi connectivity index (χ1v) is 12.7. The fourth-order valence-corrected chi connectivity index (χ4v) is 4.49. The number of hydrogen-bond donors (Lipinski definition) is 1. The van der Waals surface area contributed by atoms with Crippen LogP contribution in [0.3, 0.4) is 0 Å². The highest BCUT2D eigenvalue weighted by Crippen LogP contribution is 2.33. The zero-order valence-corrected chi connectivity index (χ0v) is 22.1. The van der Waals surface area contributed by atoms with Gasteiger partial charge in [-0.3, -0.25) is 14.8 Å². The molecule has 1 aliphatic heterocycles. The Kier molecular flexibility index (Phi) is 9.20. The van der Waals surface area contributed by atoms with Crippen molar-refractivity contribution < 1.29 is 19.5 Å². The fourth-order valence-electron chi connectivity index (χ4n) is 3.99. The second-order valence-corrected chi connectivity index (χ2v) is 9.08. The number of hydrazine groups is 1. The molecule has 4 rings (SSSR count). The summed E-state index contributed by atoms with van der Waals surface area (Å²) in [4.78, 5) is 32.6. The average molecular weight is 558 g/mol. The normalized spacial score (nSPS) is 13.4. The molecule has 0 radical (unpaired) electrons. The summed E-state index contributed by atoms with van der Waals surface area (Å²) in [5, 5.41) is 12.1. The smallest absolute Gasteiger partial charge is 0.294 e. The maximum Gasteiger partial charge on any atom is 0.294 e. The number of nitrogens with zero attached hydrogens (tertiary/aromatic N) is 4. The van der Waals surface area contributed by atoms with E-state index in [4.69, 9.17) is 32.9 Å². The third-order valence-corrected chi connectivity index (χ3v) is 6.30. The van der Waals surface area contributed by atoms with Gasteiger partial charge in [-0.15, -0.1) is 10.1 Å². The van der Waals surface area contributed by atoms with Gasteiger partial charge in [0.2, 0.25) is 0 Å². The van der Waals surface area contributed by atoms with E-state index in [9.17, 15) is 14.9 Å². The van der Waals surface area contributed by atoms with Crippen molar-refractivity contribution in [2.24, 2.45) is 0 Å². The molecule has 2 heterocycles. The number of ether oxygens (including phenoxy) is 1. The van der Waals surface area contributed by atoms with E-state index in [1.807, 2.05) is 40.8 Å². The molecule has 0 atom stereocenters. The number of aromatic nitrogens is 2. The predicted molar refractivity (Wildman–Crippen MR) is 143 cm³/mol. The number of hydrogen-bond acceptors (Lipinski definition) is 7. The van der Waals surface area contributed by atoms with Gasteiger partial charge in [0, 0.05) is 41.3 Å². The van der Waals surface area contributed by atoms with Crippen LogP contribution in [0.5, 0.6) is 0 Å². The van der Waals surface area contributed by atoms with Crippen molar-refractivity contribution in [1.29, 1.82) is 0 Å². The maximum atomic E-state index is 13.3. The van der Waals surface area contributed by atoms with Crippen molar-refractivity contribution in [1.82, 2.24) is 20.0 Å². The van der Waals surface area contributed by atoms with Crippen LogP contribution >= 0.6 is 23.2 Å². The van der Waals surface area contributed by atoms with E-state index in [1.54, 1.807) is 18.2 Å². The Bertz CT molecular complexity index is 1380. The second-order valence-electron chi connectivity index (χ2n) is 8.24. The largest absolute Gasteiger partial charge is 0.379 e. The SMILES string of the molecule is CCc1c(C(=O)NN2CCOCC2)nc(-c2ccc(Cl)cc2Cl)n1-c1ccc(C#CCCO[N+](=O)[O-])cc1. The molecule has 0 bridgehead atoms. The first-order valence-electron chi connectivity index (χ1n) is 11.9. The summed E-state index contributed by atoms with van der Waals surface area (Å²) < 4.78 is 7.28. The first-order chi connectivity index (χ1) is 18.4. The molecule has 2 aromatic carbocycles. The minimum absolute atomic E-state index is 0.0898. The second kappa shape index (κ2) is 12.8. The summed E-state index contributed by atoms with van der Waals surface area (Å²) in [6, 6.07) is 12.5. The molecule has 1 saturated heterocycles. The fraction of sp³-hybridized carbons (Fsp3) is 0.308. The van der Waals surface area contributed by atoms with Crippen LogP contribution in [0.15, 0.2) is 42.5 Å². The summed E-state index contributed by atoms with van der Waals surface area (Å²) in [6.07, 6.45) is 0.757. The van der Waals surface area contributed by atoms with E-state index in [0.717, 1.165) is 11.3 Å². The minimum atomic E-state index is -0.840. The highest BCUT2D eigenvalue weighted by Gasteiger charge is 2.26. The predicted octanol–water partition coefficient (Wildman–Crippen LogP) is 4.34. The van der Waals surface area contributed by atoms with Crippen LogP contribution in [-0.2, 0) is 16.0 Å². The summed E-state index contributed by atoms with van der Waals surface area (Å²) in [5.74, 6) is 6.01. The van der Waals surface area contributed by atoms with E-state index < -0.39 is 5.09 Å². The van der Waals surface area contributed by atoms with Crippen LogP contribution < -0.4 is 5.43 Å². The molecule has 12 heteroatoms. The van der Waals surface area contributed by atoms with E-state index in [2.05, 4.69) is 22.1 Å². The molecule has 1 fully saturated rings. The van der Waals surface area contributed by atoms with Crippen LogP contribution in [0.1, 0.15) is 35.1 Å². The van der Waals surface area contributed by atoms with E-state index in [1.165, 1.54) is 0 Å². The Labute approximate surface area is 229 Å². The molecular weight excluding hydrogens is 533 g/mol. The monoisotopic (exact) mass is 557 g/mol. The summed E-state index contributed by atoms with van der Waals surface area (Å²) in [6.45, 7) is 4.12. The van der Waals surface area contributed by atoms with Crippen LogP contribution in [0, 0.1) is 22.0 Å². The molecule has 0 spiro atoms. The van der Waals surface area contributed by atoms with Gasteiger partial charge in [0.25, 0.3) is 11.0 Å². The standard InChI is InChI=1S/C26H25Cl2N5O5/c1-2-23-24(26(34)30-31-12-15-37-16-13-31)29-25(21-11-8-19(27)17-22(21)28)32(23)20-9-6-18(7-10-20)5-3-4-14-38-33(35)36/h6-11,17H,2,4,12-16H2,1H3,(H,30,34). The maximum absolute atomic E-state index is 13.3. The molecule has 198 valence electrons. The number of halogens is 2. The number of morpholine rings is 1. The number of amides is 1. The van der Waals surface area contributed by atoms with Crippen LogP contribution in [-0.4, -0.2) is 58.5 Å². The van der Waals surface area contributed by atoms with Gasteiger partial charge in [0.15, 0.2) is 5.69 Å². The quantitative estimate of drug-likeness (QED) is 0.190. The lowest BCUT2D eigenvalue weighted by molar-refractivity contribution is -0.757. The van der Waals surface area contributed by atoms with Crippen molar-refractivity contribution in [2.75, 3.05) is 32.9 Å². The average Bonchev–Trinajstić information content (AvgIpc) is 3.29. The van der Waals surface area contributed by atoms with Crippen molar-refractivity contribution in [3.05, 3.63) is 79.6 Å². The third-order valence-electron chi connectivity index (χ3n) is 5.75. The zero-order valence-electron chi connectivity index (χ0n) is 20.6. The molecule has 0 saturated carbocycles. The lowest BCUT2D eigenvalue weighted by atomic mass is 10.1. The van der Waals surface area contributed by atoms with Gasteiger partial charge in [0.05, 0.1) is 23.9 Å². The topological polar surface area (TPSA) is 112 Å². The van der Waals surface area contributed by atoms with Crippen LogP contribution in [0.25, 0.3) is 17.1 Å². The lowest BCUT2D eigenvalue weighted by Crippen LogP contribution is -2.48. The van der Waals surface area contributed by atoms with Gasteiger partial charge >= 0.3 is 0 Å². The Morgan fingerprint density at radius 3 is 2.61 bits per heavy atom. The van der Waals surface area contributed by atoms with Gasteiger partial charge < -0.3 is 9.57 Å². The highest BCUT2D eigenvalue weighted by molar-refractivity contribution is 6.36. The third kappa shape index (κ3) is 6.62. The van der Waals surface area contributed by atoms with Crippen molar-refractivity contribution in [3.63, 3.8) is 0 Å². The Morgan fingerprint density at radius 2 is 1.95 bits per heavy atom. The molecule has 1 amide bonds. The van der Waals surface area contributed by atoms with Gasteiger partial charge in [0.1, 0.15) is 12.4 Å². The van der Waals surface area contributed by atoms with Gasteiger partial charge in [-0.1, -0.05) is 42.0 Å². The van der Waals surface area contributed by atoms with E-state index in [-0.39, 0.29) is 18.9 Å². The van der Waals surface area contributed by atoms with E-state index >= 15 is 0 Å². The molecule has 1 aromatic heterocycles. The molecule has 3 aromatic rings. The molecule has 0 unspecified atom stereocenters. The summed E-state index contributed by atoms with van der Waals surface area (Å²) in [7, 11) is 0. The Morgan fingerprint density at radius 1 is 1.21 bits per heavy atom. The number of carbonyl (C=O) groups is 1. The molecule has 1 aliphatic rings. The molecular formula is C26H25Cl2N5O5. The number of rotatable bonds is 8. The van der Waals surface area contributed by atoms with Gasteiger partial charge in [-0.25, -0.2) is 9.99 Å². The summed E-state index contributed by atoms with van der Waals surface area (Å²) >= 11 is 12.7. The minimum Gasteiger partial charge on any atom is -0.379 e. The highest BCUT2D eigenvalue weighted by atomic mass is 35.5. The van der Waals surface area contributed by atoms with Crippen LogP contribution in [0.2, 0.25) is 10.0 Å². The number of carbonyl (C=O) groups excluding carboxylic acids is 1. The van der Waals surface area contributed by atoms with Gasteiger partial charge in [-0.05, 0) is 48.9 Å². The zero-order chi connectivity index (χ0) is 27.1. The number of imidazole rings is 1. The summed E-state index contributed by atoms with van der Waals surface area (Å²) in [5.41, 5.74) is 6.08. The first kappa shape index (κ1) is 27.4. The van der Waals surface area contributed by atoms with Crippen molar-refractivity contribution in [2.45, 2.75) is 19.8 Å². The Hall–Kier alpha value is -3.62. The molecule has 0 aliphatic carbocycles. The number of nitrogens with one attached hydrogen (secondary N) is 1. The Balaban J connectivity index is 1.71. The van der Waals surface area contributed by atoms with Gasteiger partial charge in [-0.2, -0.15) is 0 Å². The molecule has 1 N–H and O–H groups in total. The molecule has 10 nitrogen and oxygen atoms in total.